The van der Waals surface area contributed by atoms with Crippen molar-refractivity contribution < 1.29 is 9.72 Å². The molecule has 0 spiro atoms. The number of nitro benzene ring substituents is 1. The molecule has 3 aromatic rings. The van der Waals surface area contributed by atoms with Crippen molar-refractivity contribution in [2.24, 2.45) is 0 Å². The lowest BCUT2D eigenvalue weighted by Gasteiger charge is -2.19. The van der Waals surface area contributed by atoms with Crippen LogP contribution in [0.4, 0.5) is 11.4 Å². The van der Waals surface area contributed by atoms with Crippen molar-refractivity contribution in [3.8, 4) is 11.4 Å². The van der Waals surface area contributed by atoms with Gasteiger partial charge < -0.3 is 5.32 Å². The van der Waals surface area contributed by atoms with Gasteiger partial charge in [-0.2, -0.15) is 0 Å². The van der Waals surface area contributed by atoms with Crippen LogP contribution in [0.3, 0.4) is 0 Å². The summed E-state index contributed by atoms with van der Waals surface area (Å²) < 4.78 is 2.11. The summed E-state index contributed by atoms with van der Waals surface area (Å²) in [4.78, 5) is 23.3. The maximum Gasteiger partial charge on any atom is 0.271 e. The number of benzene rings is 2. The summed E-state index contributed by atoms with van der Waals surface area (Å²) in [5, 5.41) is 23.3. The lowest BCUT2D eigenvalue weighted by Crippen LogP contribution is -2.23. The minimum atomic E-state index is -0.492. The summed E-state index contributed by atoms with van der Waals surface area (Å²) in [6.07, 6.45) is 4.32. The molecule has 1 amide bonds. The highest BCUT2D eigenvalue weighted by molar-refractivity contribution is 8.00. The molecule has 0 bridgehead atoms. The molecule has 1 aromatic heterocycles. The number of carbonyl (C=O) groups is 1. The van der Waals surface area contributed by atoms with E-state index in [9.17, 15) is 14.9 Å². The van der Waals surface area contributed by atoms with E-state index in [1.807, 2.05) is 24.3 Å². The fraction of sp³-hybridized carbons (Fsp3) is 0.318. The molecule has 2 aromatic carbocycles. The molecule has 1 aliphatic rings. The third-order valence-corrected chi connectivity index (χ3v) is 6.83. The molecule has 0 saturated heterocycles. The zero-order chi connectivity index (χ0) is 22.7. The van der Waals surface area contributed by atoms with Crippen molar-refractivity contribution in [3.05, 3.63) is 63.7 Å². The Morgan fingerprint density at radius 3 is 2.69 bits per heavy atom. The number of hydrogen-bond acceptors (Lipinski definition) is 6. The van der Waals surface area contributed by atoms with Gasteiger partial charge in [-0.05, 0) is 38.0 Å². The van der Waals surface area contributed by atoms with E-state index >= 15 is 0 Å². The number of hydrogen-bond donors (Lipinski definition) is 1. The smallest absolute Gasteiger partial charge is 0.271 e. The first kappa shape index (κ1) is 22.3. The van der Waals surface area contributed by atoms with E-state index in [2.05, 4.69) is 20.1 Å². The second-order valence-electron chi connectivity index (χ2n) is 7.65. The second-order valence-corrected chi connectivity index (χ2v) is 9.37. The molecule has 1 heterocycles. The first-order valence-electron chi connectivity index (χ1n) is 10.4. The highest BCUT2D eigenvalue weighted by Crippen LogP contribution is 2.39. The lowest BCUT2D eigenvalue weighted by molar-refractivity contribution is -0.384. The number of carbonyl (C=O) groups excluding carboxylic acids is 1. The van der Waals surface area contributed by atoms with Crippen molar-refractivity contribution in [3.63, 3.8) is 0 Å². The largest absolute Gasteiger partial charge is 0.325 e. The van der Waals surface area contributed by atoms with Gasteiger partial charge in [-0.15, -0.1) is 10.2 Å². The molecule has 32 heavy (non-hydrogen) atoms. The van der Waals surface area contributed by atoms with Crippen molar-refractivity contribution in [1.29, 1.82) is 0 Å². The number of nitrogens with one attached hydrogen (secondary N) is 1. The number of nitrogens with zero attached hydrogens (tertiary/aromatic N) is 4. The van der Waals surface area contributed by atoms with Crippen molar-refractivity contribution >= 4 is 40.6 Å². The third-order valence-electron chi connectivity index (χ3n) is 5.45. The number of non-ortho nitro benzene ring substituents is 1. The van der Waals surface area contributed by atoms with E-state index in [4.69, 9.17) is 11.6 Å². The molecule has 1 atom stereocenters. The fourth-order valence-electron chi connectivity index (χ4n) is 3.83. The summed E-state index contributed by atoms with van der Waals surface area (Å²) in [5.74, 6) is 0.437. The van der Waals surface area contributed by atoms with Gasteiger partial charge in [0.2, 0.25) is 5.91 Å². The molecular weight excluding hydrogens is 450 g/mol. The lowest BCUT2D eigenvalue weighted by atomic mass is 10.2. The Kier molecular flexibility index (Phi) is 6.76. The van der Waals surface area contributed by atoms with Crippen LogP contribution >= 0.6 is 23.4 Å². The Morgan fingerprint density at radius 1 is 1.22 bits per heavy atom. The van der Waals surface area contributed by atoms with Gasteiger partial charge >= 0.3 is 0 Å². The number of aromatic nitrogens is 3. The van der Waals surface area contributed by atoms with Crippen molar-refractivity contribution in [2.75, 3.05) is 5.32 Å². The van der Waals surface area contributed by atoms with Gasteiger partial charge in [0.05, 0.1) is 15.2 Å². The summed E-state index contributed by atoms with van der Waals surface area (Å²) in [6, 6.07) is 13.7. The normalized spacial score (nSPS) is 14.9. The summed E-state index contributed by atoms with van der Waals surface area (Å²) >= 11 is 7.74. The van der Waals surface area contributed by atoms with E-state index in [1.165, 1.54) is 30.0 Å². The standard InChI is InChI=1S/C22H22ClN5O3S/c1-14(21(29)24-15-7-6-10-17(13-15)28(30)31)32-22-26-25-20(18-11-4-5-12-19(18)23)27(22)16-8-2-3-9-16/h4-7,10-14,16H,2-3,8-9H2,1H3,(H,24,29). The van der Waals surface area contributed by atoms with Gasteiger partial charge in [-0.3, -0.25) is 19.5 Å². The highest BCUT2D eigenvalue weighted by Gasteiger charge is 2.28. The Hall–Kier alpha value is -2.91. The van der Waals surface area contributed by atoms with E-state index in [0.29, 0.717) is 21.7 Å². The van der Waals surface area contributed by atoms with Gasteiger partial charge in [-0.1, -0.05) is 54.4 Å². The zero-order valence-electron chi connectivity index (χ0n) is 17.4. The van der Waals surface area contributed by atoms with E-state index in [0.717, 1.165) is 31.2 Å². The van der Waals surface area contributed by atoms with Gasteiger partial charge in [0.15, 0.2) is 11.0 Å². The van der Waals surface area contributed by atoms with Crippen LogP contribution in [0.15, 0.2) is 53.7 Å². The third kappa shape index (κ3) is 4.78. The van der Waals surface area contributed by atoms with E-state index in [1.54, 1.807) is 13.0 Å². The van der Waals surface area contributed by atoms with Gasteiger partial charge in [0, 0.05) is 29.4 Å². The molecule has 8 nitrogen and oxygen atoms in total. The van der Waals surface area contributed by atoms with Crippen molar-refractivity contribution in [2.45, 2.75) is 49.1 Å². The predicted molar refractivity (Wildman–Crippen MR) is 125 cm³/mol. The Morgan fingerprint density at radius 2 is 1.97 bits per heavy atom. The van der Waals surface area contributed by atoms with E-state index < -0.39 is 10.2 Å². The van der Waals surface area contributed by atoms with Gasteiger partial charge in [0.1, 0.15) is 0 Å². The van der Waals surface area contributed by atoms with Crippen molar-refractivity contribution in [1.82, 2.24) is 14.8 Å². The monoisotopic (exact) mass is 471 g/mol. The second kappa shape index (κ2) is 9.70. The van der Waals surface area contributed by atoms with Crippen LogP contribution in [-0.2, 0) is 4.79 Å². The summed E-state index contributed by atoms with van der Waals surface area (Å²) in [7, 11) is 0. The number of rotatable bonds is 7. The Balaban J connectivity index is 1.57. The first-order valence-corrected chi connectivity index (χ1v) is 11.6. The minimum absolute atomic E-state index is 0.0755. The first-order chi connectivity index (χ1) is 15.4. The highest BCUT2D eigenvalue weighted by atomic mass is 35.5. The van der Waals surface area contributed by atoms with Gasteiger partial charge in [-0.25, -0.2) is 0 Å². The molecule has 1 unspecified atom stereocenters. The minimum Gasteiger partial charge on any atom is -0.325 e. The number of thioether (sulfide) groups is 1. The van der Waals surface area contributed by atoms with Crippen LogP contribution in [-0.4, -0.2) is 30.8 Å². The quantitative estimate of drug-likeness (QED) is 0.267. The average Bonchev–Trinajstić information content (AvgIpc) is 3.44. The summed E-state index contributed by atoms with van der Waals surface area (Å²) in [6.45, 7) is 1.78. The molecule has 166 valence electrons. The number of halogens is 1. The number of nitro groups is 1. The fourth-order valence-corrected chi connectivity index (χ4v) is 4.97. The average molecular weight is 472 g/mol. The number of amides is 1. The summed E-state index contributed by atoms with van der Waals surface area (Å²) in [5.41, 5.74) is 1.12. The predicted octanol–water partition coefficient (Wildman–Crippen LogP) is 5.74. The maximum atomic E-state index is 12.8. The van der Waals surface area contributed by atoms with Crippen LogP contribution in [0.25, 0.3) is 11.4 Å². The Bertz CT molecular complexity index is 1150. The van der Waals surface area contributed by atoms with Crippen LogP contribution in [0, 0.1) is 10.1 Å². The molecule has 4 rings (SSSR count). The molecule has 1 N–H and O–H groups in total. The van der Waals surface area contributed by atoms with Crippen LogP contribution in [0.1, 0.15) is 38.6 Å². The zero-order valence-corrected chi connectivity index (χ0v) is 19.0. The van der Waals surface area contributed by atoms with Crippen LogP contribution in [0.2, 0.25) is 5.02 Å². The molecule has 1 aliphatic carbocycles. The molecule has 10 heteroatoms. The molecule has 1 fully saturated rings. The van der Waals surface area contributed by atoms with Crippen LogP contribution in [0.5, 0.6) is 0 Å². The number of anilines is 1. The van der Waals surface area contributed by atoms with Gasteiger partial charge in [0.25, 0.3) is 5.69 Å². The Labute approximate surface area is 194 Å². The molecule has 0 radical (unpaired) electrons. The molecular formula is C22H22ClN5O3S. The topological polar surface area (TPSA) is 103 Å². The molecule has 0 aliphatic heterocycles. The maximum absolute atomic E-state index is 12.8. The van der Waals surface area contributed by atoms with Crippen LogP contribution < -0.4 is 5.32 Å². The van der Waals surface area contributed by atoms with E-state index in [-0.39, 0.29) is 17.6 Å². The SMILES string of the molecule is CC(Sc1nnc(-c2ccccc2Cl)n1C1CCCC1)C(=O)Nc1cccc([N+](=O)[O-])c1. The molecule has 1 saturated carbocycles.